The molecule has 2 unspecified atom stereocenters. The van der Waals surface area contributed by atoms with Crippen molar-refractivity contribution in [2.45, 2.75) is 31.7 Å². The number of benzene rings is 1. The molecule has 1 aromatic rings. The Bertz CT molecular complexity index is 544. The topological polar surface area (TPSA) is 82.4 Å². The molecule has 0 aliphatic carbocycles. The molecule has 1 heterocycles. The molecule has 0 spiro atoms. The number of carbonyl (C=O) groups excluding carboxylic acids is 1. The van der Waals surface area contributed by atoms with Crippen LogP contribution in [-0.2, 0) is 4.79 Å². The molecule has 6 nitrogen and oxygen atoms in total. The summed E-state index contributed by atoms with van der Waals surface area (Å²) in [7, 11) is 1.58. The highest BCUT2D eigenvalue weighted by Crippen LogP contribution is 2.37. The number of likely N-dealkylation sites (tertiary alicyclic amines) is 1. The maximum atomic E-state index is 11.6. The number of carbonyl (C=O) groups is 1. The quantitative estimate of drug-likeness (QED) is 0.507. The van der Waals surface area contributed by atoms with Crippen molar-refractivity contribution < 1.29 is 19.8 Å². The highest BCUT2D eigenvalue weighted by atomic mass is 16.5. The lowest BCUT2D eigenvalue weighted by Crippen LogP contribution is -2.45. The minimum atomic E-state index is -0.267. The van der Waals surface area contributed by atoms with Crippen LogP contribution in [0.4, 0.5) is 0 Å². The monoisotopic (exact) mass is 292 g/mol. The molecule has 2 N–H and O–H groups in total. The van der Waals surface area contributed by atoms with E-state index in [1.165, 1.54) is 13.1 Å². The van der Waals surface area contributed by atoms with Crippen molar-refractivity contribution >= 4 is 12.1 Å². The van der Waals surface area contributed by atoms with Gasteiger partial charge in [-0.05, 0) is 37.0 Å². The van der Waals surface area contributed by atoms with Gasteiger partial charge in [-0.25, -0.2) is 0 Å². The first kappa shape index (κ1) is 15.2. The lowest BCUT2D eigenvalue weighted by Gasteiger charge is -2.37. The van der Waals surface area contributed by atoms with E-state index >= 15 is 0 Å². The van der Waals surface area contributed by atoms with Gasteiger partial charge in [-0.15, -0.1) is 0 Å². The minimum Gasteiger partial charge on any atom is -0.508 e. The van der Waals surface area contributed by atoms with Crippen LogP contribution in [0.15, 0.2) is 23.4 Å². The Balaban J connectivity index is 2.24. The van der Waals surface area contributed by atoms with E-state index in [-0.39, 0.29) is 23.6 Å². The molecule has 0 bridgehead atoms. The van der Waals surface area contributed by atoms with Gasteiger partial charge in [0.05, 0.1) is 19.4 Å². The summed E-state index contributed by atoms with van der Waals surface area (Å²) in [5, 5.41) is 21.9. The third-order valence-electron chi connectivity index (χ3n) is 3.96. The molecule has 1 aliphatic heterocycles. The average Bonchev–Trinajstić information content (AvgIpc) is 2.48. The molecule has 0 radical (unpaired) electrons. The number of aromatic hydroxyl groups is 1. The second-order valence-corrected chi connectivity index (χ2v) is 5.19. The second-order valence-electron chi connectivity index (χ2n) is 5.19. The number of oxime groups is 1. The number of rotatable bonds is 3. The summed E-state index contributed by atoms with van der Waals surface area (Å²) in [4.78, 5) is 13.3. The lowest BCUT2D eigenvalue weighted by atomic mass is 9.85. The highest BCUT2D eigenvalue weighted by molar-refractivity contribution is 5.79. The highest BCUT2D eigenvalue weighted by Gasteiger charge is 2.31. The summed E-state index contributed by atoms with van der Waals surface area (Å²) in [6.45, 7) is 2.06. The summed E-state index contributed by atoms with van der Waals surface area (Å²) >= 11 is 0. The molecule has 21 heavy (non-hydrogen) atoms. The Morgan fingerprint density at radius 2 is 2.29 bits per heavy atom. The predicted molar refractivity (Wildman–Crippen MR) is 78.1 cm³/mol. The number of hydrogen-bond acceptors (Lipinski definition) is 5. The van der Waals surface area contributed by atoms with Gasteiger partial charge in [0.25, 0.3) is 0 Å². The van der Waals surface area contributed by atoms with E-state index in [9.17, 15) is 9.90 Å². The maximum Gasteiger partial charge on any atom is 0.219 e. The second kappa shape index (κ2) is 6.47. The lowest BCUT2D eigenvalue weighted by molar-refractivity contribution is -0.131. The molecular weight excluding hydrogens is 272 g/mol. The Morgan fingerprint density at radius 1 is 1.52 bits per heavy atom. The number of hydrogen-bond donors (Lipinski definition) is 2. The number of phenols is 1. The normalized spacial score (nSPS) is 22.5. The van der Waals surface area contributed by atoms with Crippen LogP contribution in [0.1, 0.15) is 31.2 Å². The van der Waals surface area contributed by atoms with Crippen LogP contribution in [-0.4, -0.2) is 47.0 Å². The largest absolute Gasteiger partial charge is 0.508 e. The van der Waals surface area contributed by atoms with Gasteiger partial charge in [-0.2, -0.15) is 0 Å². The van der Waals surface area contributed by atoms with E-state index in [2.05, 4.69) is 5.16 Å². The van der Waals surface area contributed by atoms with Crippen LogP contribution in [0.5, 0.6) is 11.5 Å². The van der Waals surface area contributed by atoms with Crippen LogP contribution in [0, 0.1) is 0 Å². The Morgan fingerprint density at radius 3 is 2.90 bits per heavy atom. The van der Waals surface area contributed by atoms with Crippen LogP contribution in [0.25, 0.3) is 0 Å². The standard InChI is InChI=1S/C15H20N2O4/c1-10(18)17-6-5-11(7-12(17)9-16-20)14-8-13(21-2)3-4-15(14)19/h3-4,8-9,11-12,19-20H,5-7H2,1-2H3. The van der Waals surface area contributed by atoms with Gasteiger partial charge >= 0.3 is 0 Å². The molecule has 0 aromatic heterocycles. The van der Waals surface area contributed by atoms with E-state index < -0.39 is 0 Å². The van der Waals surface area contributed by atoms with Gasteiger partial charge in [0.1, 0.15) is 11.5 Å². The van der Waals surface area contributed by atoms with Crippen molar-refractivity contribution in [3.8, 4) is 11.5 Å². The van der Waals surface area contributed by atoms with E-state index in [0.717, 1.165) is 12.0 Å². The Hall–Kier alpha value is -2.24. The Labute approximate surface area is 123 Å². The smallest absolute Gasteiger partial charge is 0.219 e. The van der Waals surface area contributed by atoms with Gasteiger partial charge in [-0.3, -0.25) is 4.79 Å². The van der Waals surface area contributed by atoms with E-state index in [1.54, 1.807) is 24.1 Å². The summed E-state index contributed by atoms with van der Waals surface area (Å²) in [6.07, 6.45) is 2.71. The molecule has 2 atom stereocenters. The van der Waals surface area contributed by atoms with Crippen molar-refractivity contribution in [3.63, 3.8) is 0 Å². The first-order valence-electron chi connectivity index (χ1n) is 6.88. The number of nitrogens with zero attached hydrogens (tertiary/aromatic N) is 2. The summed E-state index contributed by atoms with van der Waals surface area (Å²) in [6, 6.07) is 4.87. The molecule has 1 aromatic carbocycles. The molecule has 1 fully saturated rings. The van der Waals surface area contributed by atoms with E-state index in [0.29, 0.717) is 18.7 Å². The fraction of sp³-hybridized carbons (Fsp3) is 0.467. The average molecular weight is 292 g/mol. The molecule has 2 rings (SSSR count). The van der Waals surface area contributed by atoms with Crippen molar-refractivity contribution in [1.29, 1.82) is 0 Å². The number of ether oxygens (including phenoxy) is 1. The first-order valence-corrected chi connectivity index (χ1v) is 6.88. The predicted octanol–water partition coefficient (Wildman–Crippen LogP) is 1.96. The fourth-order valence-corrected chi connectivity index (χ4v) is 2.88. The van der Waals surface area contributed by atoms with Gasteiger partial charge in [0.15, 0.2) is 0 Å². The van der Waals surface area contributed by atoms with Gasteiger partial charge < -0.3 is 20.0 Å². The summed E-state index contributed by atoms with van der Waals surface area (Å²) in [5.41, 5.74) is 0.800. The van der Waals surface area contributed by atoms with Crippen LogP contribution >= 0.6 is 0 Å². The first-order chi connectivity index (χ1) is 10.1. The van der Waals surface area contributed by atoms with Gasteiger partial charge in [0, 0.05) is 19.0 Å². The summed E-state index contributed by atoms with van der Waals surface area (Å²) < 4.78 is 5.19. The van der Waals surface area contributed by atoms with E-state index in [4.69, 9.17) is 9.94 Å². The molecular formula is C15H20N2O4. The molecule has 0 saturated carbocycles. The van der Waals surface area contributed by atoms with Gasteiger partial charge in [-0.1, -0.05) is 5.16 Å². The summed E-state index contributed by atoms with van der Waals surface area (Å²) in [5.74, 6) is 0.938. The third kappa shape index (κ3) is 3.26. The SMILES string of the molecule is COc1ccc(O)c(C2CCN(C(C)=O)C(C=NO)C2)c1. The Kier molecular flexibility index (Phi) is 4.67. The number of phenolic OH excluding ortho intramolecular Hbond substituents is 1. The molecule has 1 amide bonds. The zero-order chi connectivity index (χ0) is 15.4. The number of piperidine rings is 1. The van der Waals surface area contributed by atoms with E-state index in [1.807, 2.05) is 6.07 Å². The molecule has 1 aliphatic rings. The van der Waals surface area contributed by atoms with Crippen LogP contribution in [0.2, 0.25) is 0 Å². The number of methoxy groups -OCH3 is 1. The van der Waals surface area contributed by atoms with Crippen molar-refractivity contribution in [1.82, 2.24) is 4.90 Å². The molecule has 1 saturated heterocycles. The third-order valence-corrected chi connectivity index (χ3v) is 3.96. The molecule has 114 valence electrons. The van der Waals surface area contributed by atoms with Crippen molar-refractivity contribution in [2.75, 3.05) is 13.7 Å². The zero-order valence-electron chi connectivity index (χ0n) is 12.2. The van der Waals surface area contributed by atoms with Gasteiger partial charge in [0.2, 0.25) is 5.91 Å². The van der Waals surface area contributed by atoms with Crippen molar-refractivity contribution in [3.05, 3.63) is 23.8 Å². The molecule has 6 heteroatoms. The maximum absolute atomic E-state index is 11.6. The van der Waals surface area contributed by atoms with Crippen LogP contribution < -0.4 is 4.74 Å². The zero-order valence-corrected chi connectivity index (χ0v) is 12.2. The van der Waals surface area contributed by atoms with Crippen molar-refractivity contribution in [2.24, 2.45) is 5.16 Å². The number of amides is 1. The van der Waals surface area contributed by atoms with Crippen LogP contribution in [0.3, 0.4) is 0 Å². The minimum absolute atomic E-state index is 0.0479. The fourth-order valence-electron chi connectivity index (χ4n) is 2.88.